The summed E-state index contributed by atoms with van der Waals surface area (Å²) in [7, 11) is 0. The highest BCUT2D eigenvalue weighted by Gasteiger charge is 2.08. The fraction of sp³-hybridized carbons (Fsp3) is 0. The van der Waals surface area contributed by atoms with E-state index in [4.69, 9.17) is 5.11 Å². The predicted octanol–water partition coefficient (Wildman–Crippen LogP) is 3.67. The van der Waals surface area contributed by atoms with Gasteiger partial charge in [0.25, 0.3) is 0 Å². The number of carboxylic acid groups (broad SMARTS) is 1. The molecule has 94 valence electrons. The molecule has 0 fully saturated rings. The minimum absolute atomic E-state index is 0.159. The van der Waals surface area contributed by atoms with Crippen LogP contribution in [0.3, 0.4) is 0 Å². The van der Waals surface area contributed by atoms with Gasteiger partial charge in [-0.05, 0) is 41.5 Å². The van der Waals surface area contributed by atoms with E-state index in [0.29, 0.717) is 0 Å². The highest BCUT2D eigenvalue weighted by Crippen LogP contribution is 2.25. The van der Waals surface area contributed by atoms with Gasteiger partial charge in [-0.3, -0.25) is 0 Å². The molecule has 2 aromatic carbocycles. The van der Waals surface area contributed by atoms with Crippen molar-refractivity contribution in [3.8, 4) is 11.1 Å². The lowest BCUT2D eigenvalue weighted by Crippen LogP contribution is -1.94. The van der Waals surface area contributed by atoms with E-state index in [0.717, 1.165) is 22.0 Å². The van der Waals surface area contributed by atoms with Gasteiger partial charge in [0, 0.05) is 10.9 Å². The number of carboxylic acids is 1. The van der Waals surface area contributed by atoms with Gasteiger partial charge in [0.15, 0.2) is 0 Å². The fourth-order valence-electron chi connectivity index (χ4n) is 2.07. The molecule has 0 aliphatic rings. The van der Waals surface area contributed by atoms with Crippen molar-refractivity contribution in [2.45, 2.75) is 0 Å². The maximum absolute atomic E-state index is 12.9. The lowest BCUT2D eigenvalue weighted by Gasteiger charge is -2.01. The molecular formula is C15H10FNO2. The first kappa shape index (κ1) is 11.5. The smallest absolute Gasteiger partial charge is 0.352 e. The Morgan fingerprint density at radius 1 is 1.00 bits per heavy atom. The van der Waals surface area contributed by atoms with E-state index in [1.165, 1.54) is 12.1 Å². The van der Waals surface area contributed by atoms with Gasteiger partial charge < -0.3 is 10.1 Å². The van der Waals surface area contributed by atoms with Crippen molar-refractivity contribution in [2.75, 3.05) is 0 Å². The van der Waals surface area contributed by atoms with Gasteiger partial charge in [-0.2, -0.15) is 0 Å². The van der Waals surface area contributed by atoms with Gasteiger partial charge in [-0.1, -0.05) is 18.2 Å². The number of hydrogen-bond donors (Lipinski definition) is 2. The molecule has 4 heteroatoms. The predicted molar refractivity (Wildman–Crippen MR) is 70.7 cm³/mol. The summed E-state index contributed by atoms with van der Waals surface area (Å²) in [6.45, 7) is 0. The molecule has 0 aliphatic carbocycles. The van der Waals surface area contributed by atoms with Crippen LogP contribution in [0.2, 0.25) is 0 Å². The van der Waals surface area contributed by atoms with Crippen molar-refractivity contribution in [3.05, 3.63) is 60.0 Å². The number of fused-ring (bicyclic) bond motifs is 1. The first-order valence-electron chi connectivity index (χ1n) is 5.75. The molecule has 1 heterocycles. The van der Waals surface area contributed by atoms with Crippen molar-refractivity contribution in [1.82, 2.24) is 4.98 Å². The number of aromatic nitrogens is 1. The zero-order chi connectivity index (χ0) is 13.4. The van der Waals surface area contributed by atoms with Crippen LogP contribution in [-0.2, 0) is 0 Å². The highest BCUT2D eigenvalue weighted by atomic mass is 19.1. The van der Waals surface area contributed by atoms with Crippen molar-refractivity contribution in [2.24, 2.45) is 0 Å². The summed E-state index contributed by atoms with van der Waals surface area (Å²) in [5, 5.41) is 9.75. The topological polar surface area (TPSA) is 53.1 Å². The summed E-state index contributed by atoms with van der Waals surface area (Å²) in [5.41, 5.74) is 2.74. The molecule has 3 rings (SSSR count). The number of nitrogens with one attached hydrogen (secondary N) is 1. The molecule has 0 atom stereocenters. The molecule has 0 spiro atoms. The van der Waals surface area contributed by atoms with Crippen molar-refractivity contribution in [3.63, 3.8) is 0 Å². The number of halogens is 1. The molecule has 3 aromatic rings. The standard InChI is InChI=1S/C15H10FNO2/c16-12-4-1-9(2-5-12)10-3-6-13-11(7-10)8-14(17-13)15(18)19/h1-8,17H,(H,18,19). The van der Waals surface area contributed by atoms with Crippen LogP contribution in [-0.4, -0.2) is 16.1 Å². The van der Waals surface area contributed by atoms with Crippen LogP contribution >= 0.6 is 0 Å². The zero-order valence-electron chi connectivity index (χ0n) is 9.85. The summed E-state index contributed by atoms with van der Waals surface area (Å²) in [4.78, 5) is 13.7. The monoisotopic (exact) mass is 255 g/mol. The van der Waals surface area contributed by atoms with Gasteiger partial charge in [0.1, 0.15) is 11.5 Å². The molecule has 2 N–H and O–H groups in total. The number of rotatable bonds is 2. The van der Waals surface area contributed by atoms with E-state index in [1.54, 1.807) is 18.2 Å². The first-order valence-corrected chi connectivity index (χ1v) is 5.75. The molecule has 3 nitrogen and oxygen atoms in total. The van der Waals surface area contributed by atoms with Crippen LogP contribution in [0.1, 0.15) is 10.5 Å². The normalized spacial score (nSPS) is 10.8. The largest absolute Gasteiger partial charge is 0.477 e. The molecule has 0 unspecified atom stereocenters. The van der Waals surface area contributed by atoms with E-state index in [1.807, 2.05) is 18.2 Å². The average molecular weight is 255 g/mol. The Kier molecular flexibility index (Phi) is 2.56. The Balaban J connectivity index is 2.10. The maximum atomic E-state index is 12.9. The molecule has 0 saturated carbocycles. The Morgan fingerprint density at radius 3 is 2.37 bits per heavy atom. The summed E-state index contributed by atoms with van der Waals surface area (Å²) in [6.07, 6.45) is 0. The third kappa shape index (κ3) is 2.08. The van der Waals surface area contributed by atoms with E-state index < -0.39 is 5.97 Å². The van der Waals surface area contributed by atoms with Crippen LogP contribution < -0.4 is 0 Å². The van der Waals surface area contributed by atoms with E-state index in [9.17, 15) is 9.18 Å². The van der Waals surface area contributed by atoms with Gasteiger partial charge in [0.2, 0.25) is 0 Å². The Hall–Kier alpha value is -2.62. The van der Waals surface area contributed by atoms with Crippen LogP contribution in [0.15, 0.2) is 48.5 Å². The number of carbonyl (C=O) groups is 1. The highest BCUT2D eigenvalue weighted by molar-refractivity contribution is 5.95. The summed E-state index contributed by atoms with van der Waals surface area (Å²) in [5.74, 6) is -1.26. The Labute approximate surface area is 108 Å². The summed E-state index contributed by atoms with van der Waals surface area (Å²) >= 11 is 0. The molecule has 0 bridgehead atoms. The number of aromatic amines is 1. The van der Waals surface area contributed by atoms with Crippen LogP contribution in [0, 0.1) is 5.82 Å². The van der Waals surface area contributed by atoms with E-state index in [-0.39, 0.29) is 11.5 Å². The first-order chi connectivity index (χ1) is 9.13. The molecule has 19 heavy (non-hydrogen) atoms. The number of hydrogen-bond acceptors (Lipinski definition) is 1. The second kappa shape index (κ2) is 4.24. The van der Waals surface area contributed by atoms with Crippen LogP contribution in [0.25, 0.3) is 22.0 Å². The van der Waals surface area contributed by atoms with E-state index >= 15 is 0 Å². The number of aromatic carboxylic acids is 1. The molecule has 0 aliphatic heterocycles. The van der Waals surface area contributed by atoms with E-state index in [2.05, 4.69) is 4.98 Å². The minimum Gasteiger partial charge on any atom is -0.477 e. The van der Waals surface area contributed by atoms with Gasteiger partial charge in [0.05, 0.1) is 0 Å². The Morgan fingerprint density at radius 2 is 1.68 bits per heavy atom. The number of H-pyrrole nitrogens is 1. The van der Waals surface area contributed by atoms with Gasteiger partial charge in [-0.25, -0.2) is 9.18 Å². The fourth-order valence-corrected chi connectivity index (χ4v) is 2.07. The molecule has 1 aromatic heterocycles. The molecule has 0 amide bonds. The van der Waals surface area contributed by atoms with Gasteiger partial charge >= 0.3 is 5.97 Å². The third-order valence-corrected chi connectivity index (χ3v) is 3.03. The quantitative estimate of drug-likeness (QED) is 0.734. The lowest BCUT2D eigenvalue weighted by molar-refractivity contribution is 0.0691. The molecular weight excluding hydrogens is 245 g/mol. The van der Waals surface area contributed by atoms with Crippen molar-refractivity contribution >= 4 is 16.9 Å². The second-order valence-corrected chi connectivity index (χ2v) is 4.30. The third-order valence-electron chi connectivity index (χ3n) is 3.03. The lowest BCUT2D eigenvalue weighted by atomic mass is 10.0. The summed E-state index contributed by atoms with van der Waals surface area (Å²) in [6, 6.07) is 13.4. The molecule has 0 saturated heterocycles. The van der Waals surface area contributed by atoms with Crippen LogP contribution in [0.5, 0.6) is 0 Å². The molecule has 0 radical (unpaired) electrons. The van der Waals surface area contributed by atoms with Crippen LogP contribution in [0.4, 0.5) is 4.39 Å². The SMILES string of the molecule is O=C(O)c1cc2cc(-c3ccc(F)cc3)ccc2[nH]1. The Bertz CT molecular complexity index is 759. The van der Waals surface area contributed by atoms with Gasteiger partial charge in [-0.15, -0.1) is 0 Å². The zero-order valence-corrected chi connectivity index (χ0v) is 9.85. The summed E-state index contributed by atoms with van der Waals surface area (Å²) < 4.78 is 12.9. The second-order valence-electron chi connectivity index (χ2n) is 4.30. The maximum Gasteiger partial charge on any atom is 0.352 e. The minimum atomic E-state index is -0.987. The number of benzene rings is 2. The average Bonchev–Trinajstić information content (AvgIpc) is 2.82. The van der Waals surface area contributed by atoms with Crippen molar-refractivity contribution in [1.29, 1.82) is 0 Å². The van der Waals surface area contributed by atoms with Crippen molar-refractivity contribution < 1.29 is 14.3 Å².